The number of nitrogens with one attached hydrogen (secondary N) is 2. The molecule has 0 spiro atoms. The van der Waals surface area contributed by atoms with Crippen molar-refractivity contribution in [2.24, 2.45) is 4.99 Å². The highest BCUT2D eigenvalue weighted by Crippen LogP contribution is 2.21. The van der Waals surface area contributed by atoms with E-state index in [2.05, 4.69) is 34.7 Å². The number of rotatable bonds is 8. The summed E-state index contributed by atoms with van der Waals surface area (Å²) in [7, 11) is 6.95. The number of aliphatic imine (C=N–C) groups is 1. The van der Waals surface area contributed by atoms with Crippen LogP contribution in [-0.2, 0) is 6.54 Å². The summed E-state index contributed by atoms with van der Waals surface area (Å²) in [4.78, 5) is 17.8. The van der Waals surface area contributed by atoms with Gasteiger partial charge in [-0.2, -0.15) is 0 Å². The van der Waals surface area contributed by atoms with Gasteiger partial charge in [-0.3, -0.25) is 9.79 Å². The minimum Gasteiger partial charge on any atom is -0.497 e. The van der Waals surface area contributed by atoms with Crippen molar-refractivity contribution in [3.05, 3.63) is 65.2 Å². The zero-order chi connectivity index (χ0) is 21.2. The van der Waals surface area contributed by atoms with Crippen molar-refractivity contribution in [1.29, 1.82) is 0 Å². The normalized spacial score (nSPS) is 12.2. The van der Waals surface area contributed by atoms with Crippen molar-refractivity contribution < 1.29 is 9.53 Å². The fourth-order valence-electron chi connectivity index (χ4n) is 2.94. The second-order valence-corrected chi connectivity index (χ2v) is 7.21. The van der Waals surface area contributed by atoms with Gasteiger partial charge in [-0.25, -0.2) is 0 Å². The number of ether oxygens (including phenoxy) is 1. The second kappa shape index (κ2) is 11.1. The Balaban J connectivity index is 1.78. The summed E-state index contributed by atoms with van der Waals surface area (Å²) in [6.45, 7) is 3.68. The van der Waals surface area contributed by atoms with Crippen LogP contribution in [0.25, 0.3) is 0 Å². The zero-order valence-corrected chi connectivity index (χ0v) is 18.0. The Kier molecular flexibility index (Phi) is 8.52. The Morgan fingerprint density at radius 2 is 1.72 bits per heavy atom. The molecule has 1 atom stereocenters. The molecule has 0 heterocycles. The van der Waals surface area contributed by atoms with Crippen molar-refractivity contribution in [3.63, 3.8) is 0 Å². The molecular formula is C23H32N4O2. The molecule has 0 aliphatic rings. The Morgan fingerprint density at radius 1 is 1.07 bits per heavy atom. The number of benzene rings is 2. The third kappa shape index (κ3) is 6.82. The molecule has 6 nitrogen and oxygen atoms in total. The number of hydrogen-bond acceptors (Lipinski definition) is 3. The van der Waals surface area contributed by atoms with E-state index < -0.39 is 0 Å². The van der Waals surface area contributed by atoms with Crippen molar-refractivity contribution in [1.82, 2.24) is 15.5 Å². The van der Waals surface area contributed by atoms with E-state index in [4.69, 9.17) is 4.74 Å². The maximum atomic E-state index is 12.0. The first kappa shape index (κ1) is 22.3. The van der Waals surface area contributed by atoms with Crippen molar-refractivity contribution in [3.8, 4) is 5.75 Å². The number of nitrogens with zero attached hydrogens (tertiary/aromatic N) is 2. The lowest BCUT2D eigenvalue weighted by Crippen LogP contribution is -2.37. The molecule has 2 aromatic carbocycles. The molecule has 156 valence electrons. The van der Waals surface area contributed by atoms with E-state index in [0.29, 0.717) is 18.0 Å². The number of guanidine groups is 1. The van der Waals surface area contributed by atoms with Gasteiger partial charge < -0.3 is 20.3 Å². The van der Waals surface area contributed by atoms with E-state index in [0.717, 1.165) is 30.2 Å². The summed E-state index contributed by atoms with van der Waals surface area (Å²) in [6, 6.07) is 15.8. The van der Waals surface area contributed by atoms with Crippen molar-refractivity contribution in [2.75, 3.05) is 34.8 Å². The Morgan fingerprint density at radius 3 is 2.28 bits per heavy atom. The molecule has 0 radical (unpaired) electrons. The average Bonchev–Trinajstić information content (AvgIpc) is 2.75. The number of hydrogen-bond donors (Lipinski definition) is 2. The molecule has 29 heavy (non-hydrogen) atoms. The van der Waals surface area contributed by atoms with Gasteiger partial charge in [0.15, 0.2) is 5.96 Å². The number of carbonyl (C=O) groups excluding carboxylic acids is 1. The number of methoxy groups -OCH3 is 1. The first-order valence-electron chi connectivity index (χ1n) is 9.83. The van der Waals surface area contributed by atoms with Gasteiger partial charge in [-0.15, -0.1) is 0 Å². The smallest absolute Gasteiger partial charge is 0.253 e. The quantitative estimate of drug-likeness (QED) is 0.531. The highest BCUT2D eigenvalue weighted by atomic mass is 16.5. The molecule has 0 aliphatic carbocycles. The van der Waals surface area contributed by atoms with Gasteiger partial charge in [0, 0.05) is 39.8 Å². The average molecular weight is 397 g/mol. The van der Waals surface area contributed by atoms with Crippen LogP contribution < -0.4 is 15.4 Å². The fourth-order valence-corrected chi connectivity index (χ4v) is 2.94. The molecule has 2 aromatic rings. The lowest BCUT2D eigenvalue weighted by molar-refractivity contribution is 0.0827. The molecule has 6 heteroatoms. The zero-order valence-electron chi connectivity index (χ0n) is 18.0. The van der Waals surface area contributed by atoms with Gasteiger partial charge in [-0.05, 0) is 47.7 Å². The van der Waals surface area contributed by atoms with Crippen LogP contribution in [0.15, 0.2) is 53.5 Å². The maximum Gasteiger partial charge on any atom is 0.253 e. The molecule has 1 amide bonds. The summed E-state index contributed by atoms with van der Waals surface area (Å²) >= 11 is 0. The van der Waals surface area contributed by atoms with E-state index in [1.54, 1.807) is 33.2 Å². The molecule has 0 aromatic heterocycles. The van der Waals surface area contributed by atoms with Crippen LogP contribution in [0.2, 0.25) is 0 Å². The van der Waals surface area contributed by atoms with E-state index in [-0.39, 0.29) is 5.91 Å². The van der Waals surface area contributed by atoms with E-state index >= 15 is 0 Å². The van der Waals surface area contributed by atoms with E-state index in [1.165, 1.54) is 5.56 Å². The molecule has 0 bridgehead atoms. The van der Waals surface area contributed by atoms with Gasteiger partial charge in [0.25, 0.3) is 5.91 Å². The van der Waals surface area contributed by atoms with Gasteiger partial charge in [0.2, 0.25) is 0 Å². The third-order valence-corrected chi connectivity index (χ3v) is 4.85. The number of amides is 1. The van der Waals surface area contributed by atoms with Crippen LogP contribution in [0.3, 0.4) is 0 Å². The fraction of sp³-hybridized carbons (Fsp3) is 0.391. The van der Waals surface area contributed by atoms with Crippen molar-refractivity contribution in [2.45, 2.75) is 25.8 Å². The Hall–Kier alpha value is -3.02. The van der Waals surface area contributed by atoms with Gasteiger partial charge in [-0.1, -0.05) is 31.2 Å². The molecule has 0 saturated carbocycles. The summed E-state index contributed by atoms with van der Waals surface area (Å²) in [5.41, 5.74) is 3.08. The molecule has 2 rings (SSSR count). The van der Waals surface area contributed by atoms with E-state index in [1.807, 2.05) is 36.4 Å². The first-order chi connectivity index (χ1) is 13.9. The highest BCUT2D eigenvalue weighted by molar-refractivity contribution is 5.93. The second-order valence-electron chi connectivity index (χ2n) is 7.21. The Bertz CT molecular complexity index is 799. The largest absolute Gasteiger partial charge is 0.497 e. The van der Waals surface area contributed by atoms with Crippen LogP contribution in [-0.4, -0.2) is 51.6 Å². The summed E-state index contributed by atoms with van der Waals surface area (Å²) in [6.07, 6.45) is 0.994. The topological polar surface area (TPSA) is 66.0 Å². The lowest BCUT2D eigenvalue weighted by atomic mass is 9.98. The number of carbonyl (C=O) groups is 1. The Labute approximate surface area is 174 Å². The molecule has 1 unspecified atom stereocenters. The van der Waals surface area contributed by atoms with E-state index in [9.17, 15) is 4.79 Å². The van der Waals surface area contributed by atoms with Gasteiger partial charge in [0.1, 0.15) is 5.75 Å². The molecule has 0 saturated heterocycles. The predicted molar refractivity (Wildman–Crippen MR) is 119 cm³/mol. The molecule has 2 N–H and O–H groups in total. The molecular weight excluding hydrogens is 364 g/mol. The summed E-state index contributed by atoms with van der Waals surface area (Å²) in [5, 5.41) is 6.67. The van der Waals surface area contributed by atoms with Gasteiger partial charge >= 0.3 is 0 Å². The van der Waals surface area contributed by atoms with Crippen LogP contribution in [0.1, 0.15) is 40.7 Å². The minimum absolute atomic E-state index is 0.00738. The van der Waals surface area contributed by atoms with Crippen LogP contribution >= 0.6 is 0 Å². The maximum absolute atomic E-state index is 12.0. The molecule has 0 aliphatic heterocycles. The van der Waals surface area contributed by atoms with Crippen LogP contribution in [0, 0.1) is 0 Å². The van der Waals surface area contributed by atoms with Gasteiger partial charge in [0.05, 0.1) is 7.11 Å². The SMILES string of the molecule is CN=C(NCCC(C)c1ccc(OC)cc1)NCc1ccc(C(=O)N(C)C)cc1. The summed E-state index contributed by atoms with van der Waals surface area (Å²) in [5.74, 6) is 2.09. The standard InChI is InChI=1S/C23H32N4O2/c1-17(19-10-12-21(29-5)13-11-19)14-15-25-23(24-2)26-16-18-6-8-20(9-7-18)22(28)27(3)4/h6-13,17H,14-16H2,1-5H3,(H2,24,25,26). The monoisotopic (exact) mass is 396 g/mol. The van der Waals surface area contributed by atoms with Crippen LogP contribution in [0.5, 0.6) is 5.75 Å². The highest BCUT2D eigenvalue weighted by Gasteiger charge is 2.08. The minimum atomic E-state index is 0.00738. The van der Waals surface area contributed by atoms with Crippen LogP contribution in [0.4, 0.5) is 0 Å². The predicted octanol–water partition coefficient (Wildman–Crippen LogP) is 3.26. The van der Waals surface area contributed by atoms with Crippen molar-refractivity contribution >= 4 is 11.9 Å². The first-order valence-corrected chi connectivity index (χ1v) is 9.83. The lowest BCUT2D eigenvalue weighted by Gasteiger charge is -2.16. The molecule has 0 fully saturated rings. The summed E-state index contributed by atoms with van der Waals surface area (Å²) < 4.78 is 5.21. The third-order valence-electron chi connectivity index (χ3n) is 4.85.